The molecule has 0 atom stereocenters. The number of hydrogen-bond donors (Lipinski definition) is 1. The normalized spacial score (nSPS) is 10.9. The molecular weight excluding hydrogens is 366 g/mol. The van der Waals surface area contributed by atoms with Crippen molar-refractivity contribution in [1.82, 2.24) is 9.47 Å². The van der Waals surface area contributed by atoms with E-state index >= 15 is 0 Å². The van der Waals surface area contributed by atoms with Crippen LogP contribution in [0.1, 0.15) is 32.0 Å². The Morgan fingerprint density at radius 1 is 1.04 bits per heavy atom. The Labute approximate surface area is 173 Å². The zero-order valence-electron chi connectivity index (χ0n) is 16.9. The number of rotatable bonds is 7. The first kappa shape index (κ1) is 20.3. The first-order valence-electron chi connectivity index (χ1n) is 9.98. The lowest BCUT2D eigenvalue weighted by atomic mass is 10.1. The summed E-state index contributed by atoms with van der Waals surface area (Å²) in [5.41, 5.74) is 4.73. The molecule has 1 aromatic heterocycles. The van der Waals surface area contributed by atoms with Gasteiger partial charge in [-0.2, -0.15) is 0 Å². The van der Waals surface area contributed by atoms with Gasteiger partial charge < -0.3 is 9.88 Å². The lowest BCUT2D eigenvalue weighted by Gasteiger charge is -2.18. The molecule has 3 aromatic rings. The minimum absolute atomic E-state index is 0.596. The van der Waals surface area contributed by atoms with Gasteiger partial charge in [0.25, 0.3) is 0 Å². The standard InChI is InChI=1S/C24H28ClN3/c1-4-27(5-2)18-19-9-7-11-24-23(19)17-22(28(24)6-3)10-8-16-26-21-14-12-20(25)13-15-21/h7,9,11-15,17,26H,4-6,16,18H2,1-3H3. The van der Waals surface area contributed by atoms with E-state index in [4.69, 9.17) is 11.6 Å². The van der Waals surface area contributed by atoms with E-state index in [0.717, 1.165) is 42.6 Å². The van der Waals surface area contributed by atoms with Gasteiger partial charge in [0, 0.05) is 34.7 Å². The molecule has 0 aliphatic carbocycles. The van der Waals surface area contributed by atoms with E-state index in [1.165, 1.54) is 16.5 Å². The smallest absolute Gasteiger partial charge is 0.0931 e. The Hall–Kier alpha value is -2.41. The first-order chi connectivity index (χ1) is 13.7. The van der Waals surface area contributed by atoms with E-state index < -0.39 is 0 Å². The van der Waals surface area contributed by atoms with Crippen molar-refractivity contribution < 1.29 is 0 Å². The Morgan fingerprint density at radius 3 is 2.46 bits per heavy atom. The maximum absolute atomic E-state index is 5.93. The number of nitrogens with zero attached hydrogens (tertiary/aromatic N) is 2. The molecule has 0 unspecified atom stereocenters. The van der Waals surface area contributed by atoms with Gasteiger partial charge in [0.2, 0.25) is 0 Å². The summed E-state index contributed by atoms with van der Waals surface area (Å²) in [5, 5.41) is 5.37. The van der Waals surface area contributed by atoms with Gasteiger partial charge in [-0.15, -0.1) is 0 Å². The van der Waals surface area contributed by atoms with E-state index in [0.29, 0.717) is 6.54 Å². The molecule has 1 heterocycles. The van der Waals surface area contributed by atoms with Crippen LogP contribution in [0, 0.1) is 11.8 Å². The molecule has 2 aromatic carbocycles. The molecule has 0 amide bonds. The number of anilines is 1. The molecule has 0 aliphatic rings. The highest BCUT2D eigenvalue weighted by Gasteiger charge is 2.11. The van der Waals surface area contributed by atoms with Crippen molar-refractivity contribution in [3.8, 4) is 11.8 Å². The quantitative estimate of drug-likeness (QED) is 0.525. The van der Waals surface area contributed by atoms with Crippen LogP contribution in [0.25, 0.3) is 10.9 Å². The molecule has 3 rings (SSSR count). The number of fused-ring (bicyclic) bond motifs is 1. The van der Waals surface area contributed by atoms with Gasteiger partial charge in [-0.1, -0.05) is 43.5 Å². The molecule has 0 saturated heterocycles. The van der Waals surface area contributed by atoms with E-state index in [2.05, 4.69) is 71.7 Å². The van der Waals surface area contributed by atoms with Gasteiger partial charge in [-0.25, -0.2) is 0 Å². The number of aromatic nitrogens is 1. The molecule has 0 spiro atoms. The van der Waals surface area contributed by atoms with Crippen LogP contribution in [-0.4, -0.2) is 29.1 Å². The second-order valence-corrected chi connectivity index (χ2v) is 7.18. The van der Waals surface area contributed by atoms with E-state index in [9.17, 15) is 0 Å². The average Bonchev–Trinajstić information content (AvgIpc) is 3.09. The minimum Gasteiger partial charge on any atom is -0.374 e. The first-order valence-corrected chi connectivity index (χ1v) is 10.4. The predicted octanol–water partition coefficient (Wildman–Crippen LogP) is 5.62. The molecule has 0 bridgehead atoms. The summed E-state index contributed by atoms with van der Waals surface area (Å²) in [4.78, 5) is 2.44. The van der Waals surface area contributed by atoms with Crippen molar-refractivity contribution in [2.75, 3.05) is 25.0 Å². The van der Waals surface area contributed by atoms with Gasteiger partial charge in [0.05, 0.1) is 12.2 Å². The fraction of sp³-hybridized carbons (Fsp3) is 0.333. The van der Waals surface area contributed by atoms with Crippen LogP contribution in [-0.2, 0) is 13.1 Å². The number of hydrogen-bond acceptors (Lipinski definition) is 2. The summed E-state index contributed by atoms with van der Waals surface area (Å²) in [5.74, 6) is 6.61. The van der Waals surface area contributed by atoms with Gasteiger partial charge in [0.1, 0.15) is 0 Å². The second kappa shape index (κ2) is 9.68. The SMILES string of the molecule is CCN(CC)Cc1cccc2c1cc(C#CCNc1ccc(Cl)cc1)n2CC. The minimum atomic E-state index is 0.596. The second-order valence-electron chi connectivity index (χ2n) is 6.75. The van der Waals surface area contributed by atoms with Crippen molar-refractivity contribution >= 4 is 28.2 Å². The molecule has 0 aliphatic heterocycles. The maximum atomic E-state index is 5.93. The van der Waals surface area contributed by atoms with Crippen molar-refractivity contribution in [2.45, 2.75) is 33.9 Å². The fourth-order valence-corrected chi connectivity index (χ4v) is 3.59. The summed E-state index contributed by atoms with van der Waals surface area (Å²) in [6, 6.07) is 16.5. The third-order valence-corrected chi connectivity index (χ3v) is 5.33. The van der Waals surface area contributed by atoms with Crippen LogP contribution in [0.5, 0.6) is 0 Å². The average molecular weight is 394 g/mol. The molecular formula is C24H28ClN3. The summed E-state index contributed by atoms with van der Waals surface area (Å²) >= 11 is 5.93. The van der Waals surface area contributed by atoms with Gasteiger partial charge in [-0.05, 0) is 67.9 Å². The van der Waals surface area contributed by atoms with Crippen LogP contribution in [0.15, 0.2) is 48.5 Å². The summed E-state index contributed by atoms with van der Waals surface area (Å²) in [6.07, 6.45) is 0. The van der Waals surface area contributed by atoms with Crippen molar-refractivity contribution in [1.29, 1.82) is 0 Å². The Morgan fingerprint density at radius 2 is 1.79 bits per heavy atom. The van der Waals surface area contributed by atoms with Crippen LogP contribution < -0.4 is 5.32 Å². The largest absolute Gasteiger partial charge is 0.374 e. The summed E-state index contributed by atoms with van der Waals surface area (Å²) in [7, 11) is 0. The third-order valence-electron chi connectivity index (χ3n) is 5.08. The fourth-order valence-electron chi connectivity index (χ4n) is 3.46. The predicted molar refractivity (Wildman–Crippen MR) is 121 cm³/mol. The third kappa shape index (κ3) is 4.70. The monoisotopic (exact) mass is 393 g/mol. The lowest BCUT2D eigenvalue weighted by molar-refractivity contribution is 0.297. The Balaban J connectivity index is 1.82. The van der Waals surface area contributed by atoms with Crippen molar-refractivity contribution in [2.24, 2.45) is 0 Å². The Bertz CT molecular complexity index is 973. The Kier molecular flexibility index (Phi) is 7.03. The molecule has 28 heavy (non-hydrogen) atoms. The zero-order chi connectivity index (χ0) is 19.9. The van der Waals surface area contributed by atoms with Gasteiger partial charge in [-0.3, -0.25) is 4.90 Å². The van der Waals surface area contributed by atoms with Crippen LogP contribution in [0.4, 0.5) is 5.69 Å². The number of aryl methyl sites for hydroxylation is 1. The van der Waals surface area contributed by atoms with E-state index in [1.54, 1.807) is 0 Å². The highest BCUT2D eigenvalue weighted by molar-refractivity contribution is 6.30. The molecule has 0 saturated carbocycles. The number of nitrogens with one attached hydrogen (secondary N) is 1. The summed E-state index contributed by atoms with van der Waals surface area (Å²) in [6.45, 7) is 11.2. The van der Waals surface area contributed by atoms with E-state index in [-0.39, 0.29) is 0 Å². The van der Waals surface area contributed by atoms with Gasteiger partial charge >= 0.3 is 0 Å². The summed E-state index contributed by atoms with van der Waals surface area (Å²) < 4.78 is 2.30. The highest BCUT2D eigenvalue weighted by atomic mass is 35.5. The van der Waals surface area contributed by atoms with Crippen molar-refractivity contribution in [3.05, 3.63) is 64.8 Å². The number of benzene rings is 2. The molecule has 4 heteroatoms. The van der Waals surface area contributed by atoms with Crippen molar-refractivity contribution in [3.63, 3.8) is 0 Å². The van der Waals surface area contributed by atoms with Crippen LogP contribution in [0.3, 0.4) is 0 Å². The number of halogens is 1. The molecule has 1 N–H and O–H groups in total. The molecule has 0 radical (unpaired) electrons. The van der Waals surface area contributed by atoms with Crippen LogP contribution >= 0.6 is 11.6 Å². The topological polar surface area (TPSA) is 20.2 Å². The van der Waals surface area contributed by atoms with Crippen LogP contribution in [0.2, 0.25) is 5.02 Å². The molecule has 3 nitrogen and oxygen atoms in total. The van der Waals surface area contributed by atoms with Gasteiger partial charge in [0.15, 0.2) is 0 Å². The zero-order valence-corrected chi connectivity index (χ0v) is 17.7. The highest BCUT2D eigenvalue weighted by Crippen LogP contribution is 2.24. The van der Waals surface area contributed by atoms with E-state index in [1.807, 2.05) is 24.3 Å². The molecule has 146 valence electrons. The molecule has 0 fully saturated rings. The lowest BCUT2D eigenvalue weighted by Crippen LogP contribution is -2.22. The maximum Gasteiger partial charge on any atom is 0.0931 e.